The number of hydrogen-bond donors (Lipinski definition) is 0. The van der Waals surface area contributed by atoms with Crippen molar-refractivity contribution < 1.29 is 17.6 Å². The van der Waals surface area contributed by atoms with Crippen LogP contribution in [0.5, 0.6) is 0 Å². The number of halogens is 6. The predicted molar refractivity (Wildman–Crippen MR) is 218 cm³/mol. The molecule has 0 radical (unpaired) electrons. The van der Waals surface area contributed by atoms with E-state index in [0.717, 1.165) is 49.2 Å². The Morgan fingerprint density at radius 1 is 0.561 bits per heavy atom. The van der Waals surface area contributed by atoms with Crippen molar-refractivity contribution in [1.82, 2.24) is 19.9 Å². The number of rotatable bonds is 9. The normalized spacial score (nSPS) is 15.2. The van der Waals surface area contributed by atoms with Crippen LogP contribution in [-0.2, 0) is 0 Å². The number of aromatic nitrogens is 4. The van der Waals surface area contributed by atoms with Gasteiger partial charge in [-0.15, -0.1) is 0 Å². The molecular weight excluding hydrogens is 775 g/mol. The molecule has 0 atom stereocenters. The van der Waals surface area contributed by atoms with E-state index in [1.165, 1.54) is 24.3 Å². The van der Waals surface area contributed by atoms with Crippen LogP contribution in [0.15, 0.2) is 104 Å². The lowest BCUT2D eigenvalue weighted by Crippen LogP contribution is -2.59. The molecule has 6 aromatic rings. The van der Waals surface area contributed by atoms with E-state index >= 15 is 8.78 Å². The molecule has 0 saturated carbocycles. The molecule has 8 nitrogen and oxygen atoms in total. The third-order valence-electron chi connectivity index (χ3n) is 10.8. The van der Waals surface area contributed by atoms with Gasteiger partial charge in [0.15, 0.2) is 0 Å². The molecule has 0 N–H and O–H groups in total. The van der Waals surface area contributed by atoms with Gasteiger partial charge < -0.3 is 9.80 Å². The smallest absolute Gasteiger partial charge is 0.225 e. The highest BCUT2D eigenvalue weighted by molar-refractivity contribution is 6.34. The molecule has 4 aromatic carbocycles. The van der Waals surface area contributed by atoms with E-state index in [1.54, 1.807) is 49.1 Å². The summed E-state index contributed by atoms with van der Waals surface area (Å²) in [6.45, 7) is 4.62. The van der Waals surface area contributed by atoms with Crippen LogP contribution in [0.25, 0.3) is 22.3 Å². The lowest BCUT2D eigenvalue weighted by Gasteiger charge is -2.51. The second kappa shape index (κ2) is 16.6. The molecule has 0 amide bonds. The van der Waals surface area contributed by atoms with E-state index < -0.39 is 23.3 Å². The summed E-state index contributed by atoms with van der Waals surface area (Å²) in [5, 5.41) is 5.20. The Labute approximate surface area is 338 Å². The van der Waals surface area contributed by atoms with Gasteiger partial charge in [-0.05, 0) is 92.8 Å². The van der Waals surface area contributed by atoms with Crippen molar-refractivity contribution in [3.63, 3.8) is 0 Å². The average Bonchev–Trinajstić information content (AvgIpc) is 3.23. The Morgan fingerprint density at radius 3 is 1.51 bits per heavy atom. The summed E-state index contributed by atoms with van der Waals surface area (Å²) in [4.78, 5) is 22.3. The van der Waals surface area contributed by atoms with Crippen molar-refractivity contribution in [2.75, 3.05) is 46.0 Å². The predicted octanol–water partition coefficient (Wildman–Crippen LogP) is 10.3. The SMILES string of the molecule is Cc1c(N(C2CCN(c3ncccn3)CC2)N(c2ccc(-c3ccc(F)cc3F)c(Cl)c2)C2CCN(c3ncccn3)CC2)ccc(-c2ccc(F)cc2F)c1Cl. The quantitative estimate of drug-likeness (QED) is 0.106. The fourth-order valence-electron chi connectivity index (χ4n) is 7.94. The first kappa shape index (κ1) is 38.4. The van der Waals surface area contributed by atoms with Gasteiger partial charge in [0.1, 0.15) is 23.3 Å². The largest absolute Gasteiger partial charge is 0.341 e. The molecule has 4 heterocycles. The van der Waals surface area contributed by atoms with E-state index in [-0.39, 0.29) is 23.2 Å². The summed E-state index contributed by atoms with van der Waals surface area (Å²) in [5.41, 5.74) is 3.54. The van der Waals surface area contributed by atoms with Crippen molar-refractivity contribution in [2.24, 2.45) is 0 Å². The maximum atomic E-state index is 15.2. The minimum atomic E-state index is -0.712. The maximum absolute atomic E-state index is 15.2. The first-order chi connectivity index (χ1) is 27.7. The van der Waals surface area contributed by atoms with Gasteiger partial charge in [-0.3, -0.25) is 10.0 Å². The monoisotopic (exact) mass is 812 g/mol. The Bertz CT molecular complexity index is 2360. The van der Waals surface area contributed by atoms with Gasteiger partial charge >= 0.3 is 0 Å². The Hall–Kier alpha value is -5.46. The molecular formula is C43H38Cl2F4N8. The van der Waals surface area contributed by atoms with Crippen molar-refractivity contribution in [2.45, 2.75) is 44.7 Å². The van der Waals surface area contributed by atoms with Crippen LogP contribution in [0.1, 0.15) is 31.2 Å². The lowest BCUT2D eigenvalue weighted by molar-refractivity contribution is 0.395. The van der Waals surface area contributed by atoms with E-state index in [2.05, 4.69) is 39.8 Å². The molecule has 0 aliphatic carbocycles. The molecule has 0 bridgehead atoms. The minimum Gasteiger partial charge on any atom is -0.341 e. The van der Waals surface area contributed by atoms with Crippen LogP contribution in [0.2, 0.25) is 10.0 Å². The molecule has 2 saturated heterocycles. The fourth-order valence-corrected chi connectivity index (χ4v) is 8.48. The molecule has 2 aromatic heterocycles. The third kappa shape index (κ3) is 7.93. The van der Waals surface area contributed by atoms with Crippen molar-refractivity contribution >= 4 is 46.5 Å². The van der Waals surface area contributed by atoms with E-state index in [4.69, 9.17) is 23.2 Å². The number of nitrogens with zero attached hydrogens (tertiary/aromatic N) is 8. The second-order valence-corrected chi connectivity index (χ2v) is 15.0. The Morgan fingerprint density at radius 2 is 1.02 bits per heavy atom. The van der Waals surface area contributed by atoms with Crippen LogP contribution in [0.4, 0.5) is 40.8 Å². The van der Waals surface area contributed by atoms with E-state index in [1.807, 2.05) is 25.1 Å². The van der Waals surface area contributed by atoms with Crippen molar-refractivity contribution in [3.05, 3.63) is 143 Å². The summed E-state index contributed by atoms with van der Waals surface area (Å²) < 4.78 is 58.1. The van der Waals surface area contributed by atoms with Crippen molar-refractivity contribution in [1.29, 1.82) is 0 Å². The van der Waals surface area contributed by atoms with Gasteiger partial charge in [-0.25, -0.2) is 37.5 Å². The molecule has 292 valence electrons. The van der Waals surface area contributed by atoms with Crippen LogP contribution < -0.4 is 19.8 Å². The highest BCUT2D eigenvalue weighted by atomic mass is 35.5. The summed E-state index contributed by atoms with van der Waals surface area (Å²) in [5.74, 6) is -1.45. The van der Waals surface area contributed by atoms with E-state index in [0.29, 0.717) is 64.8 Å². The Balaban J connectivity index is 1.24. The summed E-state index contributed by atoms with van der Waals surface area (Å²) in [7, 11) is 0. The highest BCUT2D eigenvalue weighted by Gasteiger charge is 2.37. The molecule has 8 rings (SSSR count). The second-order valence-electron chi connectivity index (χ2n) is 14.2. The standard InChI is InChI=1S/C43H38Cl2F4N8/c1-27-40(11-10-36(41(27)45)35-8-5-29(47)25-39(35)49)57(31-14-22-55(23-15-31)43-52-18-3-19-53-43)56(30-12-20-54(21-13-30)42-50-16-2-17-51-42)32-6-9-33(37(44)26-32)34-7-4-28(46)24-38(34)48/h2-11,16-19,24-26,30-31H,12-15,20-23H2,1H3. The summed E-state index contributed by atoms with van der Waals surface area (Å²) >= 11 is 14.2. The van der Waals surface area contributed by atoms with Gasteiger partial charge in [0.05, 0.1) is 33.5 Å². The van der Waals surface area contributed by atoms with Crippen LogP contribution in [-0.4, -0.2) is 58.2 Å². The fraction of sp³-hybridized carbons (Fsp3) is 0.256. The van der Waals surface area contributed by atoms with Crippen LogP contribution in [0.3, 0.4) is 0 Å². The molecule has 2 aliphatic rings. The van der Waals surface area contributed by atoms with E-state index in [9.17, 15) is 8.78 Å². The van der Waals surface area contributed by atoms with Crippen LogP contribution >= 0.6 is 23.2 Å². The van der Waals surface area contributed by atoms with Gasteiger partial charge in [0, 0.05) is 85.4 Å². The Kier molecular flexibility index (Phi) is 11.2. The lowest BCUT2D eigenvalue weighted by atomic mass is 9.97. The number of hydrogen-bond acceptors (Lipinski definition) is 8. The number of hydrazine groups is 1. The zero-order valence-corrected chi connectivity index (χ0v) is 32.5. The molecule has 2 aliphatic heterocycles. The van der Waals surface area contributed by atoms with Gasteiger partial charge in [0.25, 0.3) is 0 Å². The minimum absolute atomic E-state index is 0.0580. The number of benzene rings is 4. The first-order valence-corrected chi connectivity index (χ1v) is 19.5. The number of anilines is 4. The summed E-state index contributed by atoms with van der Waals surface area (Å²) in [6, 6.07) is 19.6. The zero-order valence-electron chi connectivity index (χ0n) is 31.0. The zero-order chi connectivity index (χ0) is 39.6. The molecule has 0 spiro atoms. The van der Waals surface area contributed by atoms with Crippen LogP contribution in [0, 0.1) is 30.2 Å². The molecule has 14 heteroatoms. The maximum Gasteiger partial charge on any atom is 0.225 e. The van der Waals surface area contributed by atoms with Gasteiger partial charge in [-0.2, -0.15) is 0 Å². The molecule has 2 fully saturated rings. The third-order valence-corrected chi connectivity index (χ3v) is 11.6. The summed E-state index contributed by atoms with van der Waals surface area (Å²) in [6.07, 6.45) is 9.83. The van der Waals surface area contributed by atoms with Crippen molar-refractivity contribution in [3.8, 4) is 22.3 Å². The first-order valence-electron chi connectivity index (χ1n) is 18.8. The average molecular weight is 814 g/mol. The molecule has 0 unspecified atom stereocenters. The highest BCUT2D eigenvalue weighted by Crippen LogP contribution is 2.43. The van der Waals surface area contributed by atoms with Gasteiger partial charge in [0.2, 0.25) is 11.9 Å². The van der Waals surface area contributed by atoms with Gasteiger partial charge in [-0.1, -0.05) is 35.3 Å². The number of piperidine rings is 2. The topological polar surface area (TPSA) is 64.5 Å². The molecule has 57 heavy (non-hydrogen) atoms.